The molecule has 122 valence electrons. The van der Waals surface area contributed by atoms with Gasteiger partial charge in [0.25, 0.3) is 5.91 Å². The third kappa shape index (κ3) is 3.07. The van der Waals surface area contributed by atoms with Gasteiger partial charge in [-0.3, -0.25) is 4.79 Å². The number of amides is 1. The Bertz CT molecular complexity index is 991. The molecule has 1 aromatic heterocycles. The molecule has 0 saturated heterocycles. The molecule has 1 amide bonds. The van der Waals surface area contributed by atoms with Crippen LogP contribution in [0, 0.1) is 0 Å². The number of carbonyl (C=O) groups excluding carboxylic acids is 1. The lowest BCUT2D eigenvalue weighted by molar-refractivity contribution is 0.0995. The van der Waals surface area contributed by atoms with Crippen molar-refractivity contribution in [3.05, 3.63) is 66.4 Å². The molecule has 3 aromatic rings. The summed E-state index contributed by atoms with van der Waals surface area (Å²) in [5, 5.41) is 4.25. The Morgan fingerprint density at radius 1 is 1.04 bits per heavy atom. The first-order valence-electron chi connectivity index (χ1n) is 7.12. The molecule has 0 aliphatic heterocycles. The van der Waals surface area contributed by atoms with Gasteiger partial charge >= 0.3 is 0 Å². The number of carbonyl (C=O) groups is 1. The monoisotopic (exact) mass is 341 g/mol. The number of hydrogen-bond donors (Lipinski definition) is 1. The van der Waals surface area contributed by atoms with Crippen molar-refractivity contribution in [2.75, 3.05) is 6.26 Å². The average molecular weight is 341 g/mol. The van der Waals surface area contributed by atoms with E-state index in [-0.39, 0.29) is 10.6 Å². The van der Waals surface area contributed by atoms with Crippen molar-refractivity contribution in [1.82, 2.24) is 9.78 Å². The maximum Gasteiger partial charge on any atom is 0.269 e. The predicted molar refractivity (Wildman–Crippen MR) is 90.6 cm³/mol. The number of sulfone groups is 1. The molecular weight excluding hydrogens is 326 g/mol. The third-order valence-corrected chi connectivity index (χ3v) is 4.67. The quantitative estimate of drug-likeness (QED) is 0.785. The molecule has 0 radical (unpaired) electrons. The number of nitrogens with two attached hydrogens (primary N) is 1. The Hall–Kier alpha value is -2.93. The third-order valence-electron chi connectivity index (χ3n) is 3.54. The zero-order valence-corrected chi connectivity index (χ0v) is 13.7. The summed E-state index contributed by atoms with van der Waals surface area (Å²) >= 11 is 0. The highest BCUT2D eigenvalue weighted by molar-refractivity contribution is 7.90. The molecule has 0 unspecified atom stereocenters. The van der Waals surface area contributed by atoms with Crippen molar-refractivity contribution in [3.8, 4) is 16.9 Å². The van der Waals surface area contributed by atoms with Crippen molar-refractivity contribution in [2.45, 2.75) is 4.90 Å². The van der Waals surface area contributed by atoms with Crippen LogP contribution in [0.1, 0.15) is 10.5 Å². The van der Waals surface area contributed by atoms with Gasteiger partial charge in [0.05, 0.1) is 16.3 Å². The predicted octanol–water partition coefficient (Wildman–Crippen LogP) is 2.04. The van der Waals surface area contributed by atoms with E-state index in [0.29, 0.717) is 5.69 Å². The fraction of sp³-hybridized carbons (Fsp3) is 0.0588. The van der Waals surface area contributed by atoms with Gasteiger partial charge < -0.3 is 5.73 Å². The molecule has 0 aliphatic rings. The van der Waals surface area contributed by atoms with Crippen molar-refractivity contribution in [2.24, 2.45) is 5.73 Å². The molecule has 0 bridgehead atoms. The highest BCUT2D eigenvalue weighted by atomic mass is 32.2. The fourth-order valence-electron chi connectivity index (χ4n) is 2.35. The minimum Gasteiger partial charge on any atom is -0.364 e. The Kier molecular flexibility index (Phi) is 3.94. The molecule has 0 atom stereocenters. The largest absolute Gasteiger partial charge is 0.364 e. The number of nitrogens with zero attached hydrogens (tertiary/aromatic N) is 2. The zero-order valence-electron chi connectivity index (χ0n) is 12.9. The first-order valence-corrected chi connectivity index (χ1v) is 9.01. The van der Waals surface area contributed by atoms with Crippen LogP contribution in [0.25, 0.3) is 16.9 Å². The fourth-order valence-corrected chi connectivity index (χ4v) is 2.98. The Morgan fingerprint density at radius 3 is 2.21 bits per heavy atom. The molecule has 0 aliphatic carbocycles. The van der Waals surface area contributed by atoms with Crippen LogP contribution < -0.4 is 5.73 Å². The Labute approximate surface area is 139 Å². The Morgan fingerprint density at radius 2 is 1.67 bits per heavy atom. The van der Waals surface area contributed by atoms with Gasteiger partial charge in [-0.2, -0.15) is 5.10 Å². The standard InChI is InChI=1S/C17H15N3O3S/c1-24(22,23)14-9-7-12(8-10-14)16-11-15(17(18)21)19-20(16)13-5-3-2-4-6-13/h2-11H,1H3,(H2,18,21). The second-order valence-corrected chi connectivity index (χ2v) is 7.34. The van der Waals surface area contributed by atoms with Gasteiger partial charge in [-0.05, 0) is 30.3 Å². The van der Waals surface area contributed by atoms with Crippen LogP contribution in [-0.2, 0) is 9.84 Å². The van der Waals surface area contributed by atoms with E-state index in [1.165, 1.54) is 12.1 Å². The summed E-state index contributed by atoms with van der Waals surface area (Å²) < 4.78 is 24.8. The summed E-state index contributed by atoms with van der Waals surface area (Å²) in [7, 11) is -3.27. The van der Waals surface area contributed by atoms with Crippen molar-refractivity contribution < 1.29 is 13.2 Å². The van der Waals surface area contributed by atoms with Crippen LogP contribution in [0.15, 0.2) is 65.6 Å². The first-order chi connectivity index (χ1) is 11.4. The maximum absolute atomic E-state index is 11.6. The van der Waals surface area contributed by atoms with Crippen molar-refractivity contribution in [3.63, 3.8) is 0 Å². The van der Waals surface area contributed by atoms with Crippen LogP contribution in [0.4, 0.5) is 0 Å². The number of aromatic nitrogens is 2. The number of rotatable bonds is 4. The highest BCUT2D eigenvalue weighted by Crippen LogP contribution is 2.25. The minimum absolute atomic E-state index is 0.140. The second-order valence-electron chi connectivity index (χ2n) is 5.32. The molecule has 24 heavy (non-hydrogen) atoms. The topological polar surface area (TPSA) is 95.0 Å². The molecule has 3 rings (SSSR count). The van der Waals surface area contributed by atoms with E-state index in [2.05, 4.69) is 5.10 Å². The number of benzene rings is 2. The summed E-state index contributed by atoms with van der Waals surface area (Å²) in [6.45, 7) is 0. The molecule has 0 spiro atoms. The van der Waals surface area contributed by atoms with Crippen LogP contribution in [-0.4, -0.2) is 30.4 Å². The molecule has 0 saturated carbocycles. The summed E-state index contributed by atoms with van der Waals surface area (Å²) in [4.78, 5) is 11.7. The highest BCUT2D eigenvalue weighted by Gasteiger charge is 2.15. The van der Waals surface area contributed by atoms with E-state index < -0.39 is 15.7 Å². The second kappa shape index (κ2) is 5.93. The van der Waals surface area contributed by atoms with E-state index in [0.717, 1.165) is 17.5 Å². The Balaban J connectivity index is 2.15. The summed E-state index contributed by atoms with van der Waals surface area (Å²) in [6.07, 6.45) is 1.15. The van der Waals surface area contributed by atoms with Crippen molar-refractivity contribution >= 4 is 15.7 Å². The van der Waals surface area contributed by atoms with E-state index in [4.69, 9.17) is 5.73 Å². The average Bonchev–Trinajstić information content (AvgIpc) is 3.00. The molecule has 7 heteroatoms. The van der Waals surface area contributed by atoms with E-state index >= 15 is 0 Å². The summed E-state index contributed by atoms with van der Waals surface area (Å²) in [5.41, 5.74) is 7.63. The molecule has 1 heterocycles. The van der Waals surface area contributed by atoms with Gasteiger partial charge in [-0.25, -0.2) is 13.1 Å². The number of hydrogen-bond acceptors (Lipinski definition) is 4. The van der Waals surface area contributed by atoms with Gasteiger partial charge in [0.1, 0.15) is 0 Å². The first kappa shape index (κ1) is 15.9. The molecule has 0 fully saturated rings. The lowest BCUT2D eigenvalue weighted by atomic mass is 10.1. The minimum atomic E-state index is -3.27. The van der Waals surface area contributed by atoms with Crippen molar-refractivity contribution in [1.29, 1.82) is 0 Å². The number of para-hydroxylation sites is 1. The summed E-state index contributed by atoms with van der Waals surface area (Å²) in [5.74, 6) is -0.626. The van der Waals surface area contributed by atoms with Crippen LogP contribution >= 0.6 is 0 Å². The summed E-state index contributed by atoms with van der Waals surface area (Å²) in [6, 6.07) is 17.3. The maximum atomic E-state index is 11.6. The lowest BCUT2D eigenvalue weighted by Gasteiger charge is -2.08. The molecule has 2 N–H and O–H groups in total. The normalized spacial score (nSPS) is 11.4. The van der Waals surface area contributed by atoms with Gasteiger partial charge in [0, 0.05) is 11.8 Å². The smallest absolute Gasteiger partial charge is 0.269 e. The van der Waals surface area contributed by atoms with Gasteiger partial charge in [0.15, 0.2) is 15.5 Å². The number of primary amides is 1. The van der Waals surface area contributed by atoms with E-state index in [9.17, 15) is 13.2 Å². The van der Waals surface area contributed by atoms with E-state index in [1.807, 2.05) is 30.3 Å². The molecular formula is C17H15N3O3S. The van der Waals surface area contributed by atoms with E-state index in [1.54, 1.807) is 22.9 Å². The van der Waals surface area contributed by atoms with Gasteiger partial charge in [-0.1, -0.05) is 30.3 Å². The van der Waals surface area contributed by atoms with Gasteiger partial charge in [-0.15, -0.1) is 0 Å². The van der Waals surface area contributed by atoms with Gasteiger partial charge in [0.2, 0.25) is 0 Å². The molecule has 6 nitrogen and oxygen atoms in total. The lowest BCUT2D eigenvalue weighted by Crippen LogP contribution is -2.12. The SMILES string of the molecule is CS(=O)(=O)c1ccc(-c2cc(C(N)=O)nn2-c2ccccc2)cc1. The van der Waals surface area contributed by atoms with Crippen LogP contribution in [0.5, 0.6) is 0 Å². The zero-order chi connectivity index (χ0) is 17.3. The van der Waals surface area contributed by atoms with Crippen LogP contribution in [0.3, 0.4) is 0 Å². The molecule has 2 aromatic carbocycles. The van der Waals surface area contributed by atoms with Crippen LogP contribution in [0.2, 0.25) is 0 Å².